The summed E-state index contributed by atoms with van der Waals surface area (Å²) >= 11 is 0. The summed E-state index contributed by atoms with van der Waals surface area (Å²) in [5, 5.41) is 3.20. The van der Waals surface area contributed by atoms with E-state index < -0.39 is 10.0 Å². The molecule has 0 unspecified atom stereocenters. The molecule has 2 aliphatic heterocycles. The van der Waals surface area contributed by atoms with Gasteiger partial charge in [-0.15, -0.1) is 0 Å². The minimum Gasteiger partial charge on any atom is -0.397 e. The Morgan fingerprint density at radius 3 is 2.67 bits per heavy atom. The van der Waals surface area contributed by atoms with Crippen molar-refractivity contribution in [3.63, 3.8) is 0 Å². The summed E-state index contributed by atoms with van der Waals surface area (Å²) in [6.45, 7) is 3.82. The second kappa shape index (κ2) is 3.92. The molecular weight excluding hydrogens is 216 g/mol. The largest absolute Gasteiger partial charge is 0.397 e. The van der Waals surface area contributed by atoms with Crippen molar-refractivity contribution in [3.05, 3.63) is 10.6 Å². The summed E-state index contributed by atoms with van der Waals surface area (Å²) in [4.78, 5) is 2.30. The van der Waals surface area contributed by atoms with Gasteiger partial charge in [0.15, 0.2) is 0 Å². The summed E-state index contributed by atoms with van der Waals surface area (Å²) in [6, 6.07) is 0. The summed E-state index contributed by atoms with van der Waals surface area (Å²) in [5.74, 6) is 0. The SMILES string of the molecule is NC1=C(CN2CCNCC2)S(=O)(=O)N=C1. The minimum absolute atomic E-state index is 0.240. The zero-order valence-electron chi connectivity index (χ0n) is 8.31. The summed E-state index contributed by atoms with van der Waals surface area (Å²) < 4.78 is 26.3. The Labute approximate surface area is 88.9 Å². The molecule has 2 heterocycles. The highest BCUT2D eigenvalue weighted by Crippen LogP contribution is 2.18. The molecule has 84 valence electrons. The standard InChI is InChI=1S/C8H14N4O2S/c9-7-5-11-15(13,14)8(7)6-12-3-1-10-2-4-12/h5,10H,1-4,6,9H2. The Balaban J connectivity index is 2.09. The molecular formula is C8H14N4O2S. The van der Waals surface area contributed by atoms with E-state index in [1.807, 2.05) is 0 Å². The van der Waals surface area contributed by atoms with E-state index in [1.165, 1.54) is 6.21 Å². The molecule has 0 aliphatic carbocycles. The van der Waals surface area contributed by atoms with Gasteiger partial charge in [0.25, 0.3) is 10.0 Å². The van der Waals surface area contributed by atoms with Crippen LogP contribution in [0.5, 0.6) is 0 Å². The van der Waals surface area contributed by atoms with Crippen molar-refractivity contribution in [2.24, 2.45) is 10.1 Å². The van der Waals surface area contributed by atoms with Crippen molar-refractivity contribution < 1.29 is 8.42 Å². The fraction of sp³-hybridized carbons (Fsp3) is 0.625. The molecule has 6 nitrogen and oxygen atoms in total. The average Bonchev–Trinajstić information content (AvgIpc) is 2.47. The lowest BCUT2D eigenvalue weighted by atomic mass is 10.3. The zero-order valence-corrected chi connectivity index (χ0v) is 9.13. The maximum Gasteiger partial charge on any atom is 0.281 e. The maximum atomic E-state index is 11.5. The van der Waals surface area contributed by atoms with Gasteiger partial charge in [-0.25, -0.2) is 0 Å². The molecule has 0 bridgehead atoms. The number of sulfonamides is 1. The number of nitrogens with two attached hydrogens (primary N) is 1. The highest BCUT2D eigenvalue weighted by molar-refractivity contribution is 7.94. The average molecular weight is 230 g/mol. The summed E-state index contributed by atoms with van der Waals surface area (Å²) in [5.41, 5.74) is 5.85. The third kappa shape index (κ3) is 2.19. The fourth-order valence-corrected chi connectivity index (χ4v) is 2.73. The van der Waals surface area contributed by atoms with E-state index in [4.69, 9.17) is 5.73 Å². The summed E-state index contributed by atoms with van der Waals surface area (Å²) in [6.07, 6.45) is 1.22. The van der Waals surface area contributed by atoms with Crippen LogP contribution in [0, 0.1) is 0 Å². The molecule has 2 rings (SSSR count). The van der Waals surface area contributed by atoms with E-state index in [0.29, 0.717) is 6.54 Å². The summed E-state index contributed by atoms with van der Waals surface area (Å²) in [7, 11) is -3.47. The molecule has 0 aromatic carbocycles. The van der Waals surface area contributed by atoms with Crippen LogP contribution in [0.3, 0.4) is 0 Å². The van der Waals surface area contributed by atoms with Crippen molar-refractivity contribution in [1.82, 2.24) is 10.2 Å². The van der Waals surface area contributed by atoms with Crippen molar-refractivity contribution >= 4 is 16.2 Å². The van der Waals surface area contributed by atoms with E-state index >= 15 is 0 Å². The van der Waals surface area contributed by atoms with Crippen LogP contribution in [0.15, 0.2) is 15.0 Å². The molecule has 0 atom stereocenters. The lowest BCUT2D eigenvalue weighted by molar-refractivity contribution is 0.262. The third-order valence-corrected chi connectivity index (χ3v) is 3.91. The lowest BCUT2D eigenvalue weighted by Gasteiger charge is -2.27. The van der Waals surface area contributed by atoms with Crippen molar-refractivity contribution in [2.45, 2.75) is 0 Å². The van der Waals surface area contributed by atoms with Crippen LogP contribution < -0.4 is 11.1 Å². The number of nitrogens with one attached hydrogen (secondary N) is 1. The predicted molar refractivity (Wildman–Crippen MR) is 57.9 cm³/mol. The first-order valence-corrected chi connectivity index (χ1v) is 6.25. The number of rotatable bonds is 2. The highest BCUT2D eigenvalue weighted by Gasteiger charge is 2.26. The molecule has 1 fully saturated rings. The zero-order chi connectivity index (χ0) is 10.9. The van der Waals surface area contributed by atoms with Crippen molar-refractivity contribution in [2.75, 3.05) is 32.7 Å². The van der Waals surface area contributed by atoms with Crippen LogP contribution in [-0.2, 0) is 10.0 Å². The first-order chi connectivity index (χ1) is 7.09. The second-order valence-electron chi connectivity index (χ2n) is 3.61. The first-order valence-electron chi connectivity index (χ1n) is 4.81. The van der Waals surface area contributed by atoms with Gasteiger partial charge in [-0.1, -0.05) is 0 Å². The monoisotopic (exact) mass is 230 g/mol. The van der Waals surface area contributed by atoms with Crippen LogP contribution in [0.4, 0.5) is 0 Å². The number of piperazine rings is 1. The van der Waals surface area contributed by atoms with E-state index in [0.717, 1.165) is 26.2 Å². The van der Waals surface area contributed by atoms with Gasteiger partial charge in [-0.05, 0) is 0 Å². The molecule has 0 spiro atoms. The van der Waals surface area contributed by atoms with E-state index in [2.05, 4.69) is 14.6 Å². The minimum atomic E-state index is -3.47. The Hall–Kier alpha value is -0.920. The van der Waals surface area contributed by atoms with E-state index in [-0.39, 0.29) is 10.6 Å². The molecule has 3 N–H and O–H groups in total. The topological polar surface area (TPSA) is 87.8 Å². The molecule has 0 saturated carbocycles. The van der Waals surface area contributed by atoms with Crippen LogP contribution >= 0.6 is 0 Å². The van der Waals surface area contributed by atoms with Gasteiger partial charge in [-0.2, -0.15) is 12.8 Å². The van der Waals surface area contributed by atoms with Gasteiger partial charge in [0.2, 0.25) is 0 Å². The van der Waals surface area contributed by atoms with Gasteiger partial charge < -0.3 is 11.1 Å². The van der Waals surface area contributed by atoms with Gasteiger partial charge in [0.1, 0.15) is 4.91 Å². The van der Waals surface area contributed by atoms with Gasteiger partial charge in [0.05, 0.1) is 11.9 Å². The van der Waals surface area contributed by atoms with Gasteiger partial charge in [-0.3, -0.25) is 4.90 Å². The molecule has 2 aliphatic rings. The number of allylic oxidation sites excluding steroid dienone is 1. The third-order valence-electron chi connectivity index (χ3n) is 2.54. The highest BCUT2D eigenvalue weighted by atomic mass is 32.2. The fourth-order valence-electron chi connectivity index (χ4n) is 1.66. The maximum absolute atomic E-state index is 11.5. The van der Waals surface area contributed by atoms with Crippen molar-refractivity contribution in [1.29, 1.82) is 0 Å². The van der Waals surface area contributed by atoms with Gasteiger partial charge in [0, 0.05) is 32.7 Å². The number of nitrogens with zero attached hydrogens (tertiary/aromatic N) is 2. The van der Waals surface area contributed by atoms with Crippen LogP contribution in [0.2, 0.25) is 0 Å². The lowest BCUT2D eigenvalue weighted by Crippen LogP contribution is -2.44. The second-order valence-corrected chi connectivity index (χ2v) is 5.27. The molecule has 0 amide bonds. The molecule has 0 aromatic heterocycles. The molecule has 0 aromatic rings. The molecule has 1 saturated heterocycles. The number of hydrogen-bond acceptors (Lipinski definition) is 5. The van der Waals surface area contributed by atoms with E-state index in [1.54, 1.807) is 0 Å². The number of hydrogen-bond donors (Lipinski definition) is 2. The van der Waals surface area contributed by atoms with Gasteiger partial charge >= 0.3 is 0 Å². The predicted octanol–water partition coefficient (Wildman–Crippen LogP) is -1.52. The van der Waals surface area contributed by atoms with E-state index in [9.17, 15) is 8.42 Å². The van der Waals surface area contributed by atoms with Crippen LogP contribution in [0.25, 0.3) is 0 Å². The Morgan fingerprint density at radius 2 is 2.13 bits per heavy atom. The van der Waals surface area contributed by atoms with Crippen LogP contribution in [-0.4, -0.2) is 52.3 Å². The Kier molecular flexibility index (Phi) is 2.76. The Bertz CT molecular complexity index is 406. The quantitative estimate of drug-likeness (QED) is 0.601. The Morgan fingerprint density at radius 1 is 1.47 bits per heavy atom. The normalized spacial score (nSPS) is 26.1. The van der Waals surface area contributed by atoms with Crippen LogP contribution in [0.1, 0.15) is 0 Å². The molecule has 0 radical (unpaired) electrons. The van der Waals surface area contributed by atoms with Crippen molar-refractivity contribution in [3.8, 4) is 0 Å². The first kappa shape index (κ1) is 10.6. The molecule has 15 heavy (non-hydrogen) atoms. The molecule has 7 heteroatoms. The smallest absolute Gasteiger partial charge is 0.281 e.